The Morgan fingerprint density at radius 1 is 1.03 bits per heavy atom. The summed E-state index contributed by atoms with van der Waals surface area (Å²) in [6, 6.07) is 10.4. The summed E-state index contributed by atoms with van der Waals surface area (Å²) in [4.78, 5) is 48.2. The van der Waals surface area contributed by atoms with Crippen LogP contribution in [-0.4, -0.2) is 65.4 Å². The van der Waals surface area contributed by atoms with Crippen molar-refractivity contribution < 1.29 is 19.1 Å². The fourth-order valence-corrected chi connectivity index (χ4v) is 3.25. The number of aromatic nitrogens is 2. The first-order valence-corrected chi connectivity index (χ1v) is 9.80. The predicted octanol–water partition coefficient (Wildman–Crippen LogP) is 0.936. The zero-order valence-corrected chi connectivity index (χ0v) is 16.9. The van der Waals surface area contributed by atoms with Gasteiger partial charge < -0.3 is 19.9 Å². The molecule has 1 fully saturated rings. The van der Waals surface area contributed by atoms with E-state index in [1.165, 1.54) is 6.92 Å². The number of nitrogens with one attached hydrogen (secondary N) is 1. The summed E-state index contributed by atoms with van der Waals surface area (Å²) >= 11 is 0. The molecule has 1 atom stereocenters. The van der Waals surface area contributed by atoms with Gasteiger partial charge in [0.2, 0.25) is 11.9 Å². The summed E-state index contributed by atoms with van der Waals surface area (Å²) in [5, 5.41) is 2.75. The Labute approximate surface area is 175 Å². The lowest BCUT2D eigenvalue weighted by atomic mass is 10.0. The molecule has 2 amide bonds. The zero-order valence-electron chi connectivity index (χ0n) is 16.9. The largest absolute Gasteiger partial charge is 0.455 e. The third-order valence-corrected chi connectivity index (χ3v) is 4.77. The monoisotopic (exact) mass is 411 g/mol. The minimum Gasteiger partial charge on any atom is -0.455 e. The van der Waals surface area contributed by atoms with Crippen molar-refractivity contribution in [1.82, 2.24) is 20.2 Å². The lowest BCUT2D eigenvalue weighted by molar-refractivity contribution is -0.152. The van der Waals surface area contributed by atoms with Crippen molar-refractivity contribution in [2.75, 3.05) is 37.7 Å². The van der Waals surface area contributed by atoms with Crippen LogP contribution in [0.2, 0.25) is 0 Å². The van der Waals surface area contributed by atoms with E-state index in [1.807, 2.05) is 35.2 Å². The van der Waals surface area contributed by atoms with E-state index in [-0.39, 0.29) is 24.8 Å². The first-order valence-electron chi connectivity index (χ1n) is 9.80. The van der Waals surface area contributed by atoms with E-state index < -0.39 is 12.0 Å². The van der Waals surface area contributed by atoms with Gasteiger partial charge >= 0.3 is 5.97 Å². The normalized spacial score (nSPS) is 14.7. The molecule has 9 heteroatoms. The number of benzene rings is 1. The van der Waals surface area contributed by atoms with Crippen LogP contribution in [0.4, 0.5) is 5.95 Å². The molecule has 0 saturated carbocycles. The van der Waals surface area contributed by atoms with E-state index in [4.69, 9.17) is 4.74 Å². The van der Waals surface area contributed by atoms with Crippen LogP contribution < -0.4 is 10.2 Å². The van der Waals surface area contributed by atoms with Crippen molar-refractivity contribution in [2.24, 2.45) is 0 Å². The molecule has 1 aliphatic rings. The maximum atomic E-state index is 12.4. The van der Waals surface area contributed by atoms with E-state index in [9.17, 15) is 14.4 Å². The van der Waals surface area contributed by atoms with E-state index in [0.29, 0.717) is 32.1 Å². The van der Waals surface area contributed by atoms with Gasteiger partial charge in [-0.3, -0.25) is 14.4 Å². The second kappa shape index (κ2) is 10.3. The van der Waals surface area contributed by atoms with Gasteiger partial charge in [0.25, 0.3) is 5.91 Å². The standard InChI is InChI=1S/C21H25N5O4/c1-16(27)24-18(17-6-3-2-4-7-17)14-20(29)30-15-19(28)25-10-12-26(13-11-25)21-22-8-5-9-23-21/h2-9,18H,10-15H2,1H3,(H,24,27)/t18-/m0/s1. The number of amides is 2. The van der Waals surface area contributed by atoms with E-state index >= 15 is 0 Å². The number of nitrogens with zero attached hydrogens (tertiary/aromatic N) is 4. The predicted molar refractivity (Wildman–Crippen MR) is 109 cm³/mol. The van der Waals surface area contributed by atoms with Crippen LogP contribution in [0.3, 0.4) is 0 Å². The van der Waals surface area contributed by atoms with Gasteiger partial charge in [-0.1, -0.05) is 30.3 Å². The number of esters is 1. The molecule has 0 spiro atoms. The lowest BCUT2D eigenvalue weighted by Gasteiger charge is -2.34. The number of piperazine rings is 1. The molecule has 0 bridgehead atoms. The SMILES string of the molecule is CC(=O)N[C@@H](CC(=O)OCC(=O)N1CCN(c2ncccn2)CC1)c1ccccc1. The molecule has 2 aromatic rings. The summed E-state index contributed by atoms with van der Waals surface area (Å²) in [6.45, 7) is 3.32. The number of anilines is 1. The molecule has 0 radical (unpaired) electrons. The van der Waals surface area contributed by atoms with Crippen molar-refractivity contribution in [1.29, 1.82) is 0 Å². The lowest BCUT2D eigenvalue weighted by Crippen LogP contribution is -2.50. The average Bonchev–Trinajstić information content (AvgIpc) is 2.78. The van der Waals surface area contributed by atoms with E-state index in [0.717, 1.165) is 5.56 Å². The Bertz CT molecular complexity index is 854. The van der Waals surface area contributed by atoms with Gasteiger partial charge in [-0.05, 0) is 11.6 Å². The molecule has 1 saturated heterocycles. The second-order valence-electron chi connectivity index (χ2n) is 6.95. The molecule has 2 heterocycles. The zero-order chi connectivity index (χ0) is 21.3. The molecular formula is C21H25N5O4. The molecule has 1 aromatic carbocycles. The maximum Gasteiger partial charge on any atom is 0.308 e. The van der Waals surface area contributed by atoms with Gasteiger partial charge in [0.1, 0.15) is 0 Å². The molecule has 1 aliphatic heterocycles. The number of carbonyl (C=O) groups excluding carboxylic acids is 3. The summed E-state index contributed by atoms with van der Waals surface area (Å²) in [6.07, 6.45) is 3.32. The Balaban J connectivity index is 1.46. The van der Waals surface area contributed by atoms with E-state index in [1.54, 1.807) is 23.4 Å². The molecule has 1 N–H and O–H groups in total. The minimum absolute atomic E-state index is 0.0456. The van der Waals surface area contributed by atoms with E-state index in [2.05, 4.69) is 15.3 Å². The summed E-state index contributed by atoms with van der Waals surface area (Å²) in [5.74, 6) is -0.385. The fourth-order valence-electron chi connectivity index (χ4n) is 3.25. The molecule has 9 nitrogen and oxygen atoms in total. The van der Waals surface area contributed by atoms with Gasteiger partial charge in [0.05, 0.1) is 12.5 Å². The Morgan fingerprint density at radius 3 is 2.33 bits per heavy atom. The van der Waals surface area contributed by atoms with Crippen molar-refractivity contribution in [3.05, 3.63) is 54.4 Å². The molecular weight excluding hydrogens is 386 g/mol. The van der Waals surface area contributed by atoms with Crippen LogP contribution in [0, 0.1) is 0 Å². The van der Waals surface area contributed by atoms with Crippen molar-refractivity contribution in [3.63, 3.8) is 0 Å². The molecule has 30 heavy (non-hydrogen) atoms. The number of hydrogen-bond acceptors (Lipinski definition) is 7. The first kappa shape index (κ1) is 21.2. The highest BCUT2D eigenvalue weighted by Crippen LogP contribution is 2.17. The maximum absolute atomic E-state index is 12.4. The van der Waals surface area contributed by atoms with Gasteiger partial charge in [-0.25, -0.2) is 9.97 Å². The number of ether oxygens (including phenoxy) is 1. The fraction of sp³-hybridized carbons (Fsp3) is 0.381. The van der Waals surface area contributed by atoms with Crippen LogP contribution in [-0.2, 0) is 19.1 Å². The third-order valence-electron chi connectivity index (χ3n) is 4.77. The van der Waals surface area contributed by atoms with Crippen LogP contribution in [0.1, 0.15) is 24.9 Å². The highest BCUT2D eigenvalue weighted by atomic mass is 16.5. The van der Waals surface area contributed by atoms with Gasteiger partial charge in [-0.2, -0.15) is 0 Å². The Kier molecular flexibility index (Phi) is 7.31. The Hall–Kier alpha value is -3.49. The topological polar surface area (TPSA) is 105 Å². The van der Waals surface area contributed by atoms with Crippen LogP contribution in [0.5, 0.6) is 0 Å². The molecule has 0 aliphatic carbocycles. The summed E-state index contributed by atoms with van der Waals surface area (Å²) in [7, 11) is 0. The quantitative estimate of drug-likeness (QED) is 0.676. The minimum atomic E-state index is -0.540. The van der Waals surface area contributed by atoms with Crippen LogP contribution >= 0.6 is 0 Å². The summed E-state index contributed by atoms with van der Waals surface area (Å²) in [5.41, 5.74) is 0.801. The molecule has 1 aromatic heterocycles. The van der Waals surface area contributed by atoms with Crippen molar-refractivity contribution >= 4 is 23.7 Å². The molecule has 0 unspecified atom stereocenters. The number of rotatable bonds is 7. The van der Waals surface area contributed by atoms with Crippen LogP contribution in [0.15, 0.2) is 48.8 Å². The second-order valence-corrected chi connectivity index (χ2v) is 6.95. The summed E-state index contributed by atoms with van der Waals surface area (Å²) < 4.78 is 5.18. The van der Waals surface area contributed by atoms with Crippen LogP contribution in [0.25, 0.3) is 0 Å². The van der Waals surface area contributed by atoms with Crippen molar-refractivity contribution in [2.45, 2.75) is 19.4 Å². The first-order chi connectivity index (χ1) is 14.5. The number of hydrogen-bond donors (Lipinski definition) is 1. The van der Waals surface area contributed by atoms with Gasteiger partial charge in [0, 0.05) is 45.5 Å². The highest BCUT2D eigenvalue weighted by molar-refractivity contribution is 5.81. The third kappa shape index (κ3) is 6.00. The average molecular weight is 411 g/mol. The van der Waals surface area contributed by atoms with Crippen molar-refractivity contribution in [3.8, 4) is 0 Å². The highest BCUT2D eigenvalue weighted by Gasteiger charge is 2.24. The Morgan fingerprint density at radius 2 is 1.70 bits per heavy atom. The smallest absolute Gasteiger partial charge is 0.308 e. The molecule has 3 rings (SSSR count). The molecule has 158 valence electrons. The van der Waals surface area contributed by atoms with Gasteiger partial charge in [-0.15, -0.1) is 0 Å². The van der Waals surface area contributed by atoms with Gasteiger partial charge in [0.15, 0.2) is 6.61 Å². The number of carbonyl (C=O) groups is 3.